The molecule has 2 atom stereocenters. The molecule has 0 spiro atoms. The van der Waals surface area contributed by atoms with Gasteiger partial charge in [0, 0.05) is 23.4 Å². The molecular formula is C23H23NO. The smallest absolute Gasteiger partial charge is 0.0937 e. The number of nitrogens with zero attached hydrogens (tertiary/aromatic N) is 1. The number of para-hydroxylation sites is 2. The first kappa shape index (κ1) is 15.9. The summed E-state index contributed by atoms with van der Waals surface area (Å²) in [7, 11) is 0. The van der Waals surface area contributed by atoms with E-state index in [-0.39, 0.29) is 6.04 Å². The number of anilines is 2. The van der Waals surface area contributed by atoms with Crippen molar-refractivity contribution in [2.24, 2.45) is 0 Å². The molecule has 0 amide bonds. The summed E-state index contributed by atoms with van der Waals surface area (Å²) in [4.78, 5) is 2.37. The fourth-order valence-corrected chi connectivity index (χ4v) is 3.95. The number of benzene rings is 3. The van der Waals surface area contributed by atoms with Crippen molar-refractivity contribution in [1.29, 1.82) is 0 Å². The van der Waals surface area contributed by atoms with Crippen LogP contribution < -0.4 is 4.90 Å². The lowest BCUT2D eigenvalue weighted by atomic mass is 9.77. The quantitative estimate of drug-likeness (QED) is 0.679. The van der Waals surface area contributed by atoms with Gasteiger partial charge in [0.05, 0.1) is 11.6 Å². The summed E-state index contributed by atoms with van der Waals surface area (Å²) in [6.07, 6.45) is 1.38. The molecule has 0 bridgehead atoms. The Labute approximate surface area is 149 Å². The average Bonchev–Trinajstić information content (AvgIpc) is 2.69. The first-order valence-corrected chi connectivity index (χ1v) is 8.94. The summed E-state index contributed by atoms with van der Waals surface area (Å²) in [5, 5.41) is 11.4. The number of hydrogen-bond donors (Lipinski definition) is 1. The molecule has 0 aromatic heterocycles. The van der Waals surface area contributed by atoms with Crippen molar-refractivity contribution in [1.82, 2.24) is 0 Å². The highest BCUT2D eigenvalue weighted by atomic mass is 16.3. The molecule has 1 aliphatic heterocycles. The van der Waals surface area contributed by atoms with Crippen molar-refractivity contribution >= 4 is 11.4 Å². The minimum absolute atomic E-state index is 0.100. The van der Waals surface area contributed by atoms with Gasteiger partial charge in [-0.3, -0.25) is 0 Å². The topological polar surface area (TPSA) is 23.5 Å². The number of rotatable bonds is 3. The Balaban J connectivity index is 1.94. The summed E-state index contributed by atoms with van der Waals surface area (Å²) in [6.45, 7) is 2.07. The third-order valence-corrected chi connectivity index (χ3v) is 5.31. The molecule has 0 radical (unpaired) electrons. The minimum atomic E-state index is -0.803. The van der Waals surface area contributed by atoms with Gasteiger partial charge in [0.1, 0.15) is 0 Å². The van der Waals surface area contributed by atoms with E-state index in [1.54, 1.807) is 0 Å². The molecular weight excluding hydrogens is 306 g/mol. The molecule has 1 N–H and O–H groups in total. The molecule has 0 saturated heterocycles. The highest BCUT2D eigenvalue weighted by molar-refractivity contribution is 5.71. The zero-order valence-corrected chi connectivity index (χ0v) is 14.5. The molecule has 1 heterocycles. The van der Waals surface area contributed by atoms with Crippen LogP contribution >= 0.6 is 0 Å². The molecule has 3 aromatic carbocycles. The Hall–Kier alpha value is -2.58. The second-order valence-electron chi connectivity index (χ2n) is 6.74. The van der Waals surface area contributed by atoms with E-state index < -0.39 is 5.60 Å². The van der Waals surface area contributed by atoms with Gasteiger partial charge in [-0.05, 0) is 30.2 Å². The van der Waals surface area contributed by atoms with Gasteiger partial charge in [0.15, 0.2) is 0 Å². The second-order valence-corrected chi connectivity index (χ2v) is 6.74. The summed E-state index contributed by atoms with van der Waals surface area (Å²) in [6, 6.07) is 29.3. The molecule has 2 nitrogen and oxygen atoms in total. The van der Waals surface area contributed by atoms with Crippen molar-refractivity contribution in [3.8, 4) is 0 Å². The number of fused-ring (bicyclic) bond motifs is 1. The summed E-state index contributed by atoms with van der Waals surface area (Å²) in [5.41, 5.74) is 3.70. The molecule has 0 fully saturated rings. The maximum absolute atomic E-state index is 11.4. The molecule has 126 valence electrons. The van der Waals surface area contributed by atoms with Crippen LogP contribution in [0.1, 0.15) is 36.9 Å². The molecule has 4 rings (SSSR count). The standard InChI is InChI=1S/C23H23NO/c1-2-23(25)17-22(18-11-5-3-6-12-18)24(19-13-7-4-8-14-19)21-16-10-9-15-20(21)23/h3-16,22,25H,2,17H2,1H3/t22-,23+/m1/s1. The fourth-order valence-electron chi connectivity index (χ4n) is 3.95. The van der Waals surface area contributed by atoms with Crippen LogP contribution in [-0.2, 0) is 5.60 Å². The Bertz CT molecular complexity index is 846. The van der Waals surface area contributed by atoms with Crippen molar-refractivity contribution in [2.75, 3.05) is 4.90 Å². The van der Waals surface area contributed by atoms with E-state index in [0.717, 1.165) is 16.9 Å². The summed E-state index contributed by atoms with van der Waals surface area (Å²) >= 11 is 0. The Morgan fingerprint density at radius 3 is 2.16 bits per heavy atom. The molecule has 0 aliphatic carbocycles. The van der Waals surface area contributed by atoms with E-state index >= 15 is 0 Å². The molecule has 0 unspecified atom stereocenters. The lowest BCUT2D eigenvalue weighted by molar-refractivity contribution is 0.0117. The second kappa shape index (κ2) is 6.38. The lowest BCUT2D eigenvalue weighted by Crippen LogP contribution is -2.40. The van der Waals surface area contributed by atoms with Crippen LogP contribution in [-0.4, -0.2) is 5.11 Å². The minimum Gasteiger partial charge on any atom is -0.385 e. The van der Waals surface area contributed by atoms with Crippen LogP contribution in [0.2, 0.25) is 0 Å². The van der Waals surface area contributed by atoms with Crippen LogP contribution in [0.3, 0.4) is 0 Å². The molecule has 0 saturated carbocycles. The predicted octanol–water partition coefficient (Wildman–Crippen LogP) is 5.57. The van der Waals surface area contributed by atoms with Crippen molar-refractivity contribution in [3.05, 3.63) is 96.1 Å². The van der Waals surface area contributed by atoms with Crippen LogP contribution in [0.5, 0.6) is 0 Å². The van der Waals surface area contributed by atoms with E-state index in [9.17, 15) is 5.11 Å². The van der Waals surface area contributed by atoms with E-state index in [1.807, 2.05) is 18.2 Å². The highest BCUT2D eigenvalue weighted by Gasteiger charge is 2.42. The highest BCUT2D eigenvalue weighted by Crippen LogP contribution is 2.51. The van der Waals surface area contributed by atoms with Crippen molar-refractivity contribution < 1.29 is 5.11 Å². The van der Waals surface area contributed by atoms with Gasteiger partial charge >= 0.3 is 0 Å². The van der Waals surface area contributed by atoms with E-state index in [4.69, 9.17) is 0 Å². The van der Waals surface area contributed by atoms with Gasteiger partial charge in [-0.2, -0.15) is 0 Å². The Morgan fingerprint density at radius 2 is 1.48 bits per heavy atom. The summed E-state index contributed by atoms with van der Waals surface area (Å²) in [5.74, 6) is 0. The third kappa shape index (κ3) is 2.73. The molecule has 1 aliphatic rings. The fraction of sp³-hybridized carbons (Fsp3) is 0.217. The Morgan fingerprint density at radius 1 is 0.880 bits per heavy atom. The van der Waals surface area contributed by atoms with E-state index in [2.05, 4.69) is 78.6 Å². The van der Waals surface area contributed by atoms with Gasteiger partial charge in [-0.1, -0.05) is 73.7 Å². The van der Waals surface area contributed by atoms with Gasteiger partial charge < -0.3 is 10.0 Å². The maximum atomic E-state index is 11.4. The lowest BCUT2D eigenvalue weighted by Gasteiger charge is -2.46. The molecule has 2 heteroatoms. The first-order valence-electron chi connectivity index (χ1n) is 8.94. The number of hydrogen-bond acceptors (Lipinski definition) is 2. The average molecular weight is 329 g/mol. The van der Waals surface area contributed by atoms with E-state index in [0.29, 0.717) is 12.8 Å². The van der Waals surface area contributed by atoms with Crippen LogP contribution in [0.4, 0.5) is 11.4 Å². The first-order chi connectivity index (χ1) is 12.2. The zero-order valence-electron chi connectivity index (χ0n) is 14.5. The van der Waals surface area contributed by atoms with E-state index in [1.165, 1.54) is 5.56 Å². The zero-order chi connectivity index (χ0) is 17.3. The van der Waals surface area contributed by atoms with Crippen LogP contribution in [0.25, 0.3) is 0 Å². The normalized spacial score (nSPS) is 22.5. The van der Waals surface area contributed by atoms with Gasteiger partial charge in [-0.15, -0.1) is 0 Å². The molecule has 3 aromatic rings. The summed E-state index contributed by atoms with van der Waals surface area (Å²) < 4.78 is 0. The number of aliphatic hydroxyl groups is 1. The van der Waals surface area contributed by atoms with Crippen molar-refractivity contribution in [3.63, 3.8) is 0 Å². The maximum Gasteiger partial charge on any atom is 0.0937 e. The predicted molar refractivity (Wildman–Crippen MR) is 103 cm³/mol. The van der Waals surface area contributed by atoms with Gasteiger partial charge in [-0.25, -0.2) is 0 Å². The SMILES string of the molecule is CC[C@]1(O)C[C@H](c2ccccc2)N(c2ccccc2)c2ccccc21. The van der Waals surface area contributed by atoms with Gasteiger partial charge in [0.2, 0.25) is 0 Å². The van der Waals surface area contributed by atoms with Crippen LogP contribution in [0, 0.1) is 0 Å². The van der Waals surface area contributed by atoms with Gasteiger partial charge in [0.25, 0.3) is 0 Å². The monoisotopic (exact) mass is 329 g/mol. The Kier molecular flexibility index (Phi) is 4.06. The largest absolute Gasteiger partial charge is 0.385 e. The van der Waals surface area contributed by atoms with Crippen LogP contribution in [0.15, 0.2) is 84.9 Å². The van der Waals surface area contributed by atoms with Crippen molar-refractivity contribution in [2.45, 2.75) is 31.4 Å². The third-order valence-electron chi connectivity index (χ3n) is 5.31. The molecule has 25 heavy (non-hydrogen) atoms.